The first-order valence-corrected chi connectivity index (χ1v) is 7.10. The van der Waals surface area contributed by atoms with Crippen molar-refractivity contribution in [3.05, 3.63) is 28.8 Å². The number of carbonyl (C=O) groups is 2. The number of amides is 1. The van der Waals surface area contributed by atoms with E-state index in [0.717, 1.165) is 0 Å². The van der Waals surface area contributed by atoms with E-state index in [1.807, 2.05) is 6.92 Å². The lowest BCUT2D eigenvalue weighted by molar-refractivity contribution is -0.140. The van der Waals surface area contributed by atoms with Crippen LogP contribution < -0.4 is 4.74 Å². The van der Waals surface area contributed by atoms with Crippen LogP contribution >= 0.6 is 11.6 Å². The zero-order chi connectivity index (χ0) is 16.0. The fourth-order valence-electron chi connectivity index (χ4n) is 2.25. The molecular weight excluding hydrogens is 294 g/mol. The smallest absolute Gasteiger partial charge is 0.305 e. The fraction of sp³-hybridized carbons (Fsp3) is 0.467. The number of likely N-dealkylation sites (N-methyl/N-ethyl adjacent to an activating group) is 1. The Bertz CT molecular complexity index is 518. The third-order valence-corrected chi connectivity index (χ3v) is 3.48. The van der Waals surface area contributed by atoms with Gasteiger partial charge in [0.25, 0.3) is 0 Å². The van der Waals surface area contributed by atoms with Gasteiger partial charge in [-0.25, -0.2) is 0 Å². The van der Waals surface area contributed by atoms with E-state index in [4.69, 9.17) is 21.4 Å². The minimum Gasteiger partial charge on any atom is -0.496 e. The van der Waals surface area contributed by atoms with Crippen LogP contribution in [0.25, 0.3) is 0 Å². The number of rotatable bonds is 7. The standard InChI is InChI=1S/C15H20ClNO4/c1-4-17(10(2)7-15(19)20)14(18)9-11-8-12(16)5-6-13(11)21-3/h5-6,8,10H,4,7,9H2,1-3H3,(H,19,20). The number of hydrogen-bond acceptors (Lipinski definition) is 3. The van der Waals surface area contributed by atoms with Crippen molar-refractivity contribution >= 4 is 23.5 Å². The molecule has 116 valence electrons. The molecule has 0 saturated carbocycles. The molecule has 5 nitrogen and oxygen atoms in total. The van der Waals surface area contributed by atoms with Gasteiger partial charge in [-0.1, -0.05) is 11.6 Å². The maximum absolute atomic E-state index is 12.4. The molecule has 0 aliphatic rings. The van der Waals surface area contributed by atoms with Crippen LogP contribution in [0.5, 0.6) is 5.75 Å². The van der Waals surface area contributed by atoms with Gasteiger partial charge in [0, 0.05) is 23.2 Å². The van der Waals surface area contributed by atoms with E-state index < -0.39 is 5.97 Å². The van der Waals surface area contributed by atoms with Gasteiger partial charge >= 0.3 is 5.97 Å². The second-order valence-electron chi connectivity index (χ2n) is 4.76. The summed E-state index contributed by atoms with van der Waals surface area (Å²) in [5, 5.41) is 9.37. The van der Waals surface area contributed by atoms with Crippen LogP contribution in [0.3, 0.4) is 0 Å². The minimum atomic E-state index is -0.922. The summed E-state index contributed by atoms with van der Waals surface area (Å²) in [4.78, 5) is 24.7. The summed E-state index contributed by atoms with van der Waals surface area (Å²) in [5.74, 6) is -0.476. The summed E-state index contributed by atoms with van der Waals surface area (Å²) in [6.07, 6.45) is 0.0494. The van der Waals surface area contributed by atoms with Gasteiger partial charge in [0.2, 0.25) is 5.91 Å². The van der Waals surface area contributed by atoms with Crippen LogP contribution in [0.4, 0.5) is 0 Å². The number of carboxylic acids is 1. The highest BCUT2D eigenvalue weighted by molar-refractivity contribution is 6.30. The molecule has 0 aromatic heterocycles. The zero-order valence-electron chi connectivity index (χ0n) is 12.4. The quantitative estimate of drug-likeness (QED) is 0.840. The summed E-state index contributed by atoms with van der Waals surface area (Å²) in [5.41, 5.74) is 0.691. The second-order valence-corrected chi connectivity index (χ2v) is 5.20. The summed E-state index contributed by atoms with van der Waals surface area (Å²) in [6.45, 7) is 4.01. The third kappa shape index (κ3) is 4.93. The Labute approximate surface area is 129 Å². The molecule has 1 unspecified atom stereocenters. The van der Waals surface area contributed by atoms with E-state index in [1.165, 1.54) is 7.11 Å². The van der Waals surface area contributed by atoms with Crippen LogP contribution in [0.15, 0.2) is 18.2 Å². The molecule has 6 heteroatoms. The molecule has 0 spiro atoms. The monoisotopic (exact) mass is 313 g/mol. The summed E-state index contributed by atoms with van der Waals surface area (Å²) in [6, 6.07) is 4.74. The molecule has 0 saturated heterocycles. The Morgan fingerprint density at radius 2 is 2.10 bits per heavy atom. The molecule has 0 heterocycles. The van der Waals surface area contributed by atoms with Crippen molar-refractivity contribution in [2.24, 2.45) is 0 Å². The highest BCUT2D eigenvalue weighted by atomic mass is 35.5. The van der Waals surface area contributed by atoms with Crippen molar-refractivity contribution in [1.29, 1.82) is 0 Å². The number of aliphatic carboxylic acids is 1. The number of methoxy groups -OCH3 is 1. The fourth-order valence-corrected chi connectivity index (χ4v) is 2.44. The highest BCUT2D eigenvalue weighted by Crippen LogP contribution is 2.24. The van der Waals surface area contributed by atoms with E-state index in [-0.39, 0.29) is 24.8 Å². The molecular formula is C15H20ClNO4. The lowest BCUT2D eigenvalue weighted by Gasteiger charge is -2.27. The highest BCUT2D eigenvalue weighted by Gasteiger charge is 2.22. The average Bonchev–Trinajstić information content (AvgIpc) is 2.38. The predicted molar refractivity (Wildman–Crippen MR) is 80.8 cm³/mol. The van der Waals surface area contributed by atoms with Gasteiger partial charge in [-0.3, -0.25) is 9.59 Å². The Hall–Kier alpha value is -1.75. The van der Waals surface area contributed by atoms with Crippen LogP contribution in [-0.4, -0.2) is 41.6 Å². The Morgan fingerprint density at radius 1 is 1.43 bits per heavy atom. The van der Waals surface area contributed by atoms with E-state index >= 15 is 0 Å². The molecule has 21 heavy (non-hydrogen) atoms. The van der Waals surface area contributed by atoms with Crippen molar-refractivity contribution in [2.75, 3.05) is 13.7 Å². The van der Waals surface area contributed by atoms with Crippen LogP contribution in [0.1, 0.15) is 25.8 Å². The summed E-state index contributed by atoms with van der Waals surface area (Å²) >= 11 is 5.94. The van der Waals surface area contributed by atoms with Gasteiger partial charge in [-0.15, -0.1) is 0 Å². The van der Waals surface area contributed by atoms with Crippen molar-refractivity contribution in [3.63, 3.8) is 0 Å². The maximum Gasteiger partial charge on any atom is 0.305 e. The first-order valence-electron chi connectivity index (χ1n) is 6.72. The molecule has 1 aromatic carbocycles. The number of ether oxygens (including phenoxy) is 1. The lowest BCUT2D eigenvalue weighted by Crippen LogP contribution is -2.40. The van der Waals surface area contributed by atoms with Gasteiger partial charge in [0.05, 0.1) is 20.0 Å². The SMILES string of the molecule is CCN(C(=O)Cc1cc(Cl)ccc1OC)C(C)CC(=O)O. The molecule has 1 amide bonds. The molecule has 0 bridgehead atoms. The lowest BCUT2D eigenvalue weighted by atomic mass is 10.1. The number of carboxylic acid groups (broad SMARTS) is 1. The van der Waals surface area contributed by atoms with E-state index in [2.05, 4.69) is 0 Å². The molecule has 1 N–H and O–H groups in total. The number of benzene rings is 1. The van der Waals surface area contributed by atoms with Gasteiger partial charge < -0.3 is 14.7 Å². The Kier molecular flexibility index (Phi) is 6.49. The second kappa shape index (κ2) is 7.88. The maximum atomic E-state index is 12.4. The normalized spacial score (nSPS) is 11.8. The molecule has 1 atom stereocenters. The van der Waals surface area contributed by atoms with Crippen LogP contribution in [0, 0.1) is 0 Å². The van der Waals surface area contributed by atoms with Crippen LogP contribution in [0.2, 0.25) is 5.02 Å². The largest absolute Gasteiger partial charge is 0.496 e. The predicted octanol–water partition coefficient (Wildman–Crippen LogP) is 2.60. The van der Waals surface area contributed by atoms with Crippen molar-refractivity contribution in [2.45, 2.75) is 32.7 Å². The Morgan fingerprint density at radius 3 is 2.62 bits per heavy atom. The zero-order valence-corrected chi connectivity index (χ0v) is 13.2. The molecule has 1 aromatic rings. The number of hydrogen-bond donors (Lipinski definition) is 1. The van der Waals surface area contributed by atoms with Crippen molar-refractivity contribution in [3.8, 4) is 5.75 Å². The molecule has 0 aliphatic heterocycles. The molecule has 1 rings (SSSR count). The van der Waals surface area contributed by atoms with E-state index in [0.29, 0.717) is 22.9 Å². The Balaban J connectivity index is 2.87. The van der Waals surface area contributed by atoms with E-state index in [9.17, 15) is 9.59 Å². The first kappa shape index (κ1) is 17.3. The van der Waals surface area contributed by atoms with Crippen molar-refractivity contribution in [1.82, 2.24) is 4.90 Å². The van der Waals surface area contributed by atoms with Crippen molar-refractivity contribution < 1.29 is 19.4 Å². The van der Waals surface area contributed by atoms with E-state index in [1.54, 1.807) is 30.0 Å². The third-order valence-electron chi connectivity index (χ3n) is 3.25. The number of nitrogens with zero attached hydrogens (tertiary/aromatic N) is 1. The number of halogens is 1. The minimum absolute atomic E-state index is 0.0771. The molecule has 0 fully saturated rings. The molecule has 0 radical (unpaired) electrons. The van der Waals surface area contributed by atoms with Gasteiger partial charge in [0.1, 0.15) is 5.75 Å². The van der Waals surface area contributed by atoms with Gasteiger partial charge in [-0.05, 0) is 32.0 Å². The summed E-state index contributed by atoms with van der Waals surface area (Å²) in [7, 11) is 1.53. The summed E-state index contributed by atoms with van der Waals surface area (Å²) < 4.78 is 5.22. The van der Waals surface area contributed by atoms with Crippen LogP contribution in [-0.2, 0) is 16.0 Å². The molecule has 0 aliphatic carbocycles. The van der Waals surface area contributed by atoms with Gasteiger partial charge in [-0.2, -0.15) is 0 Å². The van der Waals surface area contributed by atoms with Gasteiger partial charge in [0.15, 0.2) is 0 Å². The average molecular weight is 314 g/mol. The topological polar surface area (TPSA) is 66.8 Å². The number of carbonyl (C=O) groups excluding carboxylic acids is 1. The first-order chi connectivity index (χ1) is 9.88.